The summed E-state index contributed by atoms with van der Waals surface area (Å²) in [6.45, 7) is 7.53. The number of halogens is 1. The first-order valence-corrected chi connectivity index (χ1v) is 7.57. The molecule has 0 unspecified atom stereocenters. The number of carbonyl (C=O) groups is 1. The molecule has 0 saturated carbocycles. The maximum atomic E-state index is 11.8. The van der Waals surface area contributed by atoms with Crippen LogP contribution in [0, 0.1) is 0 Å². The lowest BCUT2D eigenvalue weighted by Crippen LogP contribution is -2.48. The van der Waals surface area contributed by atoms with E-state index < -0.39 is 0 Å². The number of amides is 1. The standard InChI is InChI=1S/C15H21ClN4O/c1-2-19-6-8-20(9-7-19)12-15(21)18-17-11-13-4-3-5-14(16)10-13/h3-5,10-11H,2,6-9,12H2,1H3,(H,18,21). The fourth-order valence-corrected chi connectivity index (χ4v) is 2.47. The summed E-state index contributed by atoms with van der Waals surface area (Å²) in [5.74, 6) is -0.0850. The minimum Gasteiger partial charge on any atom is -0.301 e. The molecule has 1 heterocycles. The van der Waals surface area contributed by atoms with Crippen LogP contribution >= 0.6 is 11.6 Å². The van der Waals surface area contributed by atoms with E-state index in [1.807, 2.05) is 12.1 Å². The predicted molar refractivity (Wildman–Crippen MR) is 85.7 cm³/mol. The Labute approximate surface area is 130 Å². The van der Waals surface area contributed by atoms with E-state index in [2.05, 4.69) is 27.3 Å². The van der Waals surface area contributed by atoms with Gasteiger partial charge in [-0.2, -0.15) is 5.10 Å². The van der Waals surface area contributed by atoms with Crippen LogP contribution in [0.4, 0.5) is 0 Å². The van der Waals surface area contributed by atoms with Gasteiger partial charge in [-0.15, -0.1) is 0 Å². The Balaban J connectivity index is 1.72. The monoisotopic (exact) mass is 308 g/mol. The van der Waals surface area contributed by atoms with Crippen molar-refractivity contribution in [3.63, 3.8) is 0 Å². The molecule has 1 aromatic rings. The van der Waals surface area contributed by atoms with Gasteiger partial charge >= 0.3 is 0 Å². The highest BCUT2D eigenvalue weighted by Crippen LogP contribution is 2.08. The molecule has 5 nitrogen and oxygen atoms in total. The van der Waals surface area contributed by atoms with Gasteiger partial charge in [0, 0.05) is 31.2 Å². The van der Waals surface area contributed by atoms with Crippen molar-refractivity contribution in [2.45, 2.75) is 6.92 Å². The number of nitrogens with zero attached hydrogens (tertiary/aromatic N) is 3. The van der Waals surface area contributed by atoms with Crippen molar-refractivity contribution in [3.8, 4) is 0 Å². The molecule has 21 heavy (non-hydrogen) atoms. The number of hydrazone groups is 1. The van der Waals surface area contributed by atoms with Gasteiger partial charge < -0.3 is 4.90 Å². The van der Waals surface area contributed by atoms with E-state index in [-0.39, 0.29) is 5.91 Å². The molecule has 1 aliphatic heterocycles. The number of hydrogen-bond acceptors (Lipinski definition) is 4. The first kappa shape index (κ1) is 15.9. The second-order valence-corrected chi connectivity index (χ2v) is 5.50. The number of rotatable bonds is 5. The second kappa shape index (κ2) is 8.12. The number of likely N-dealkylation sites (N-methyl/N-ethyl adjacent to an activating group) is 1. The average molecular weight is 309 g/mol. The van der Waals surface area contributed by atoms with Gasteiger partial charge in [0.2, 0.25) is 0 Å². The molecule has 6 heteroatoms. The molecule has 1 saturated heterocycles. The molecule has 0 aromatic heterocycles. The molecule has 1 amide bonds. The largest absolute Gasteiger partial charge is 0.301 e. The van der Waals surface area contributed by atoms with Gasteiger partial charge in [-0.1, -0.05) is 30.7 Å². The Morgan fingerprint density at radius 2 is 2.05 bits per heavy atom. The van der Waals surface area contributed by atoms with E-state index in [1.54, 1.807) is 18.3 Å². The Morgan fingerprint density at radius 3 is 2.71 bits per heavy atom. The zero-order valence-electron chi connectivity index (χ0n) is 12.3. The molecule has 0 bridgehead atoms. The molecule has 1 aromatic carbocycles. The molecular weight excluding hydrogens is 288 g/mol. The molecule has 0 spiro atoms. The number of carbonyl (C=O) groups excluding carboxylic acids is 1. The van der Waals surface area contributed by atoms with E-state index in [0.717, 1.165) is 38.3 Å². The SMILES string of the molecule is CCN1CCN(CC(=O)NN=Cc2cccc(Cl)c2)CC1. The van der Waals surface area contributed by atoms with E-state index >= 15 is 0 Å². The summed E-state index contributed by atoms with van der Waals surface area (Å²) >= 11 is 5.88. The topological polar surface area (TPSA) is 47.9 Å². The Kier molecular flexibility index (Phi) is 6.17. The summed E-state index contributed by atoms with van der Waals surface area (Å²) in [4.78, 5) is 16.3. The lowest BCUT2D eigenvalue weighted by atomic mass is 10.2. The smallest absolute Gasteiger partial charge is 0.254 e. The zero-order valence-corrected chi connectivity index (χ0v) is 13.0. The van der Waals surface area contributed by atoms with Gasteiger partial charge in [-0.3, -0.25) is 9.69 Å². The molecule has 0 atom stereocenters. The molecular formula is C15H21ClN4O. The maximum Gasteiger partial charge on any atom is 0.254 e. The normalized spacial score (nSPS) is 17.2. The van der Waals surface area contributed by atoms with Crippen LogP contribution in [0.25, 0.3) is 0 Å². The first-order chi connectivity index (χ1) is 10.2. The van der Waals surface area contributed by atoms with Crippen molar-refractivity contribution >= 4 is 23.7 Å². The van der Waals surface area contributed by atoms with Crippen molar-refractivity contribution in [1.82, 2.24) is 15.2 Å². The molecule has 1 N–H and O–H groups in total. The van der Waals surface area contributed by atoms with Crippen molar-refractivity contribution in [2.75, 3.05) is 39.3 Å². The van der Waals surface area contributed by atoms with Crippen LogP contribution < -0.4 is 5.43 Å². The number of piperazine rings is 1. The van der Waals surface area contributed by atoms with Crippen molar-refractivity contribution < 1.29 is 4.79 Å². The number of hydrogen-bond donors (Lipinski definition) is 1. The highest BCUT2D eigenvalue weighted by atomic mass is 35.5. The third kappa shape index (κ3) is 5.46. The van der Waals surface area contributed by atoms with Crippen LogP contribution in [0.5, 0.6) is 0 Å². The molecule has 0 aliphatic carbocycles. The van der Waals surface area contributed by atoms with E-state index in [0.29, 0.717) is 11.6 Å². The summed E-state index contributed by atoms with van der Waals surface area (Å²) in [5.41, 5.74) is 3.42. The van der Waals surface area contributed by atoms with Crippen LogP contribution in [0.15, 0.2) is 29.4 Å². The van der Waals surface area contributed by atoms with Gasteiger partial charge in [0.1, 0.15) is 0 Å². The van der Waals surface area contributed by atoms with Crippen LogP contribution in [-0.2, 0) is 4.79 Å². The Morgan fingerprint density at radius 1 is 1.33 bits per heavy atom. The quantitative estimate of drug-likeness (QED) is 0.661. The highest BCUT2D eigenvalue weighted by molar-refractivity contribution is 6.30. The highest BCUT2D eigenvalue weighted by Gasteiger charge is 2.17. The van der Waals surface area contributed by atoms with Crippen LogP contribution in [-0.4, -0.2) is 61.2 Å². The number of benzene rings is 1. The van der Waals surface area contributed by atoms with Crippen LogP contribution in [0.2, 0.25) is 5.02 Å². The van der Waals surface area contributed by atoms with E-state index in [4.69, 9.17) is 11.6 Å². The molecule has 2 rings (SSSR count). The van der Waals surface area contributed by atoms with Gasteiger partial charge in [-0.05, 0) is 24.2 Å². The van der Waals surface area contributed by atoms with Crippen LogP contribution in [0.1, 0.15) is 12.5 Å². The van der Waals surface area contributed by atoms with Crippen molar-refractivity contribution in [1.29, 1.82) is 0 Å². The third-order valence-corrected chi connectivity index (χ3v) is 3.77. The molecule has 0 radical (unpaired) electrons. The Bertz CT molecular complexity index is 498. The minimum absolute atomic E-state index is 0.0850. The van der Waals surface area contributed by atoms with Gasteiger partial charge in [0.25, 0.3) is 5.91 Å². The maximum absolute atomic E-state index is 11.8. The fourth-order valence-electron chi connectivity index (χ4n) is 2.27. The molecule has 1 fully saturated rings. The summed E-state index contributed by atoms with van der Waals surface area (Å²) in [7, 11) is 0. The van der Waals surface area contributed by atoms with Gasteiger partial charge in [-0.25, -0.2) is 5.43 Å². The lowest BCUT2D eigenvalue weighted by molar-refractivity contribution is -0.122. The van der Waals surface area contributed by atoms with Gasteiger partial charge in [0.15, 0.2) is 0 Å². The minimum atomic E-state index is -0.0850. The summed E-state index contributed by atoms with van der Waals surface area (Å²) in [6, 6.07) is 7.32. The number of nitrogens with one attached hydrogen (secondary N) is 1. The van der Waals surface area contributed by atoms with Crippen molar-refractivity contribution in [2.24, 2.45) is 5.10 Å². The first-order valence-electron chi connectivity index (χ1n) is 7.19. The molecule has 114 valence electrons. The van der Waals surface area contributed by atoms with E-state index in [1.165, 1.54) is 0 Å². The Hall–Kier alpha value is -1.43. The summed E-state index contributed by atoms with van der Waals surface area (Å²) in [6.07, 6.45) is 1.60. The fraction of sp³-hybridized carbons (Fsp3) is 0.467. The summed E-state index contributed by atoms with van der Waals surface area (Å²) in [5, 5.41) is 4.61. The second-order valence-electron chi connectivity index (χ2n) is 5.06. The third-order valence-electron chi connectivity index (χ3n) is 3.53. The molecule has 1 aliphatic rings. The lowest BCUT2D eigenvalue weighted by Gasteiger charge is -2.33. The van der Waals surface area contributed by atoms with Gasteiger partial charge in [0.05, 0.1) is 12.8 Å². The average Bonchev–Trinajstić information content (AvgIpc) is 2.48. The predicted octanol–water partition coefficient (Wildman–Crippen LogP) is 1.43. The van der Waals surface area contributed by atoms with E-state index in [9.17, 15) is 4.79 Å². The summed E-state index contributed by atoms with van der Waals surface area (Å²) < 4.78 is 0. The van der Waals surface area contributed by atoms with Crippen LogP contribution in [0.3, 0.4) is 0 Å². The zero-order chi connectivity index (χ0) is 15.1. The van der Waals surface area contributed by atoms with Crippen molar-refractivity contribution in [3.05, 3.63) is 34.9 Å².